The maximum Gasteiger partial charge on any atom is 0.308 e. The summed E-state index contributed by atoms with van der Waals surface area (Å²) in [5.41, 5.74) is 0.643. The second kappa shape index (κ2) is 6.71. The van der Waals surface area contributed by atoms with Crippen LogP contribution in [-0.4, -0.2) is 16.0 Å². The summed E-state index contributed by atoms with van der Waals surface area (Å²) < 4.78 is 0. The van der Waals surface area contributed by atoms with E-state index in [-0.39, 0.29) is 17.5 Å². The predicted molar refractivity (Wildman–Crippen MR) is 75.1 cm³/mol. The summed E-state index contributed by atoms with van der Waals surface area (Å²) >= 11 is 0. The van der Waals surface area contributed by atoms with Crippen LogP contribution in [-0.2, 0) is 4.79 Å². The second-order valence-electron chi connectivity index (χ2n) is 4.97. The number of hydrogen-bond donors (Lipinski definition) is 1. The zero-order chi connectivity index (χ0) is 15.3. The molecule has 0 saturated carbocycles. The van der Waals surface area contributed by atoms with Crippen molar-refractivity contribution in [2.45, 2.75) is 20.8 Å². The van der Waals surface area contributed by atoms with Crippen LogP contribution < -0.4 is 0 Å². The number of carbonyl (C=O) groups is 1. The highest BCUT2D eigenvalue weighted by molar-refractivity contribution is 5.71. The molecule has 1 aromatic rings. The van der Waals surface area contributed by atoms with Crippen LogP contribution >= 0.6 is 0 Å². The van der Waals surface area contributed by atoms with E-state index in [1.54, 1.807) is 19.1 Å². The van der Waals surface area contributed by atoms with E-state index < -0.39 is 16.8 Å². The molecule has 0 amide bonds. The third kappa shape index (κ3) is 4.09. The molecule has 0 heterocycles. The molecule has 5 heteroatoms. The molecule has 0 radical (unpaired) electrons. The van der Waals surface area contributed by atoms with E-state index in [9.17, 15) is 14.9 Å². The van der Waals surface area contributed by atoms with Crippen molar-refractivity contribution in [3.05, 3.63) is 39.9 Å². The van der Waals surface area contributed by atoms with Gasteiger partial charge in [-0.15, -0.1) is 0 Å². The van der Waals surface area contributed by atoms with Crippen LogP contribution in [0.1, 0.15) is 26.3 Å². The van der Waals surface area contributed by atoms with Crippen LogP contribution in [0.25, 0.3) is 0 Å². The van der Waals surface area contributed by atoms with Crippen molar-refractivity contribution in [3.8, 4) is 11.8 Å². The molecule has 0 aliphatic rings. The lowest BCUT2D eigenvalue weighted by Crippen LogP contribution is -2.25. The Labute approximate surface area is 117 Å². The smallest absolute Gasteiger partial charge is 0.308 e. The lowest BCUT2D eigenvalue weighted by Gasteiger charge is -2.18. The van der Waals surface area contributed by atoms with Crippen LogP contribution in [0, 0.1) is 39.7 Å². The number of aliphatic carboxylic acids is 1. The van der Waals surface area contributed by atoms with E-state index in [2.05, 4.69) is 11.8 Å². The van der Waals surface area contributed by atoms with E-state index in [1.165, 1.54) is 12.1 Å². The molecule has 0 aromatic heterocycles. The molecule has 0 saturated heterocycles. The highest BCUT2D eigenvalue weighted by Crippen LogP contribution is 2.21. The molecule has 2 unspecified atom stereocenters. The second-order valence-corrected chi connectivity index (χ2v) is 4.97. The predicted octanol–water partition coefficient (Wildman–Crippen LogP) is 2.94. The van der Waals surface area contributed by atoms with Gasteiger partial charge in [0.2, 0.25) is 0 Å². The van der Waals surface area contributed by atoms with Gasteiger partial charge in [-0.3, -0.25) is 14.9 Å². The molecule has 106 valence electrons. The van der Waals surface area contributed by atoms with E-state index >= 15 is 0 Å². The highest BCUT2D eigenvalue weighted by Gasteiger charge is 2.26. The summed E-state index contributed by atoms with van der Waals surface area (Å²) in [6.45, 7) is 5.48. The molecular weight excluding hydrogens is 258 g/mol. The number of hydrogen-bond acceptors (Lipinski definition) is 3. The number of nitrogens with zero attached hydrogens (tertiary/aromatic N) is 1. The Balaban J connectivity index is 2.87. The molecule has 5 nitrogen and oxygen atoms in total. The molecule has 20 heavy (non-hydrogen) atoms. The van der Waals surface area contributed by atoms with Crippen molar-refractivity contribution in [2.24, 2.45) is 17.8 Å². The van der Waals surface area contributed by atoms with Crippen molar-refractivity contribution in [1.29, 1.82) is 0 Å². The molecule has 2 atom stereocenters. The van der Waals surface area contributed by atoms with Crippen LogP contribution in [0.4, 0.5) is 5.69 Å². The molecular formula is C15H17NO4. The van der Waals surface area contributed by atoms with Gasteiger partial charge in [0.1, 0.15) is 0 Å². The van der Waals surface area contributed by atoms with Gasteiger partial charge >= 0.3 is 5.97 Å². The molecule has 0 bridgehead atoms. The monoisotopic (exact) mass is 275 g/mol. The summed E-state index contributed by atoms with van der Waals surface area (Å²) in [6.07, 6.45) is 0. The summed E-state index contributed by atoms with van der Waals surface area (Å²) in [5, 5.41) is 19.7. The van der Waals surface area contributed by atoms with Crippen LogP contribution in [0.3, 0.4) is 0 Å². The number of benzene rings is 1. The van der Waals surface area contributed by atoms with Crippen LogP contribution in [0.2, 0.25) is 0 Å². The summed E-state index contributed by atoms with van der Waals surface area (Å²) in [7, 11) is 0. The van der Waals surface area contributed by atoms with Gasteiger partial charge in [0.15, 0.2) is 0 Å². The average molecular weight is 275 g/mol. The number of non-ortho nitro benzene ring substituents is 1. The molecule has 1 rings (SSSR count). The number of carboxylic acid groups (broad SMARTS) is 1. The topological polar surface area (TPSA) is 80.4 Å². The Kier molecular flexibility index (Phi) is 5.27. The van der Waals surface area contributed by atoms with Crippen molar-refractivity contribution >= 4 is 11.7 Å². The largest absolute Gasteiger partial charge is 0.481 e. The minimum atomic E-state index is -0.856. The SMILES string of the molecule is CC(C)C(C(=O)O)C(C)C#Cc1ccc([N+](=O)[O-])cc1. The van der Waals surface area contributed by atoms with Gasteiger partial charge in [0.25, 0.3) is 5.69 Å². The van der Waals surface area contributed by atoms with Gasteiger partial charge < -0.3 is 5.11 Å². The minimum Gasteiger partial charge on any atom is -0.481 e. The summed E-state index contributed by atoms with van der Waals surface area (Å²) in [4.78, 5) is 21.2. The molecule has 0 aliphatic carbocycles. The maximum atomic E-state index is 11.2. The number of rotatable bonds is 4. The quantitative estimate of drug-likeness (QED) is 0.520. The Morgan fingerprint density at radius 3 is 2.20 bits per heavy atom. The highest BCUT2D eigenvalue weighted by atomic mass is 16.6. The van der Waals surface area contributed by atoms with Crippen molar-refractivity contribution < 1.29 is 14.8 Å². The van der Waals surface area contributed by atoms with Crippen molar-refractivity contribution in [3.63, 3.8) is 0 Å². The van der Waals surface area contributed by atoms with Crippen molar-refractivity contribution in [2.75, 3.05) is 0 Å². The Morgan fingerprint density at radius 2 is 1.80 bits per heavy atom. The molecule has 0 aliphatic heterocycles. The van der Waals surface area contributed by atoms with Gasteiger partial charge in [-0.2, -0.15) is 0 Å². The third-order valence-corrected chi connectivity index (χ3v) is 3.06. The van der Waals surface area contributed by atoms with Crippen LogP contribution in [0.5, 0.6) is 0 Å². The van der Waals surface area contributed by atoms with Gasteiger partial charge in [0, 0.05) is 23.6 Å². The first kappa shape index (κ1) is 15.7. The molecule has 0 spiro atoms. The van der Waals surface area contributed by atoms with E-state index in [0.717, 1.165) is 0 Å². The van der Waals surface area contributed by atoms with E-state index in [0.29, 0.717) is 5.56 Å². The fourth-order valence-corrected chi connectivity index (χ4v) is 2.03. The van der Waals surface area contributed by atoms with Crippen molar-refractivity contribution in [1.82, 2.24) is 0 Å². The van der Waals surface area contributed by atoms with Crippen LogP contribution in [0.15, 0.2) is 24.3 Å². The van der Waals surface area contributed by atoms with Gasteiger partial charge in [0.05, 0.1) is 10.8 Å². The van der Waals surface area contributed by atoms with Gasteiger partial charge in [-0.05, 0) is 18.1 Å². The molecule has 1 aromatic carbocycles. The molecule has 0 fully saturated rings. The zero-order valence-corrected chi connectivity index (χ0v) is 11.7. The molecule has 1 N–H and O–H groups in total. The summed E-state index contributed by atoms with van der Waals surface area (Å²) in [6, 6.07) is 5.88. The third-order valence-electron chi connectivity index (χ3n) is 3.06. The lowest BCUT2D eigenvalue weighted by atomic mass is 9.85. The normalized spacial score (nSPS) is 13.2. The fourth-order valence-electron chi connectivity index (χ4n) is 2.03. The number of carboxylic acids is 1. The lowest BCUT2D eigenvalue weighted by molar-refractivity contribution is -0.384. The Morgan fingerprint density at radius 1 is 1.25 bits per heavy atom. The Hall–Kier alpha value is -2.35. The standard InChI is InChI=1S/C15H17NO4/c1-10(2)14(15(17)18)11(3)4-5-12-6-8-13(9-7-12)16(19)20/h6-11,14H,1-3H3,(H,17,18). The van der Waals surface area contributed by atoms with E-state index in [4.69, 9.17) is 5.11 Å². The first-order chi connectivity index (χ1) is 9.32. The van der Waals surface area contributed by atoms with Gasteiger partial charge in [-0.1, -0.05) is 32.6 Å². The number of nitro benzene ring substituents is 1. The average Bonchev–Trinajstić information content (AvgIpc) is 2.36. The first-order valence-corrected chi connectivity index (χ1v) is 6.31. The van der Waals surface area contributed by atoms with Gasteiger partial charge in [-0.25, -0.2) is 0 Å². The Bertz CT molecular complexity index is 551. The first-order valence-electron chi connectivity index (χ1n) is 6.31. The minimum absolute atomic E-state index is 0.00587. The maximum absolute atomic E-state index is 11.2. The zero-order valence-electron chi connectivity index (χ0n) is 11.7. The summed E-state index contributed by atoms with van der Waals surface area (Å²) in [5.74, 6) is 4.10. The van der Waals surface area contributed by atoms with E-state index in [1.807, 2.05) is 13.8 Å². The fraction of sp³-hybridized carbons (Fsp3) is 0.400. The number of nitro groups is 1.